The second-order valence-corrected chi connectivity index (χ2v) is 12.8. The van der Waals surface area contributed by atoms with E-state index in [1.807, 2.05) is 49.4 Å². The summed E-state index contributed by atoms with van der Waals surface area (Å²) >= 11 is 1.47. The normalized spacial score (nSPS) is 17.2. The number of hydrogen-bond acceptors (Lipinski definition) is 8. The minimum atomic E-state index is -0.882. The number of para-hydroxylation sites is 1. The molecule has 0 saturated carbocycles. The smallest absolute Gasteiger partial charge is 0.438 e. The van der Waals surface area contributed by atoms with Crippen LogP contribution in [0.5, 0.6) is 0 Å². The molecular weight excluding hydrogens is 540 g/mol. The summed E-state index contributed by atoms with van der Waals surface area (Å²) in [5.74, 6) is -0.668. The van der Waals surface area contributed by atoms with Gasteiger partial charge in [-0.1, -0.05) is 43.3 Å². The quantitative estimate of drug-likeness (QED) is 0.299. The van der Waals surface area contributed by atoms with Crippen LogP contribution >= 0.6 is 11.8 Å². The van der Waals surface area contributed by atoms with Crippen molar-refractivity contribution < 1.29 is 23.9 Å². The van der Waals surface area contributed by atoms with Crippen molar-refractivity contribution in [1.29, 1.82) is 0 Å². The third-order valence-corrected chi connectivity index (χ3v) is 6.89. The highest BCUT2D eigenvalue weighted by molar-refractivity contribution is 8.08. The van der Waals surface area contributed by atoms with E-state index in [1.54, 1.807) is 53.7 Å². The van der Waals surface area contributed by atoms with Crippen LogP contribution in [0.15, 0.2) is 75.9 Å². The number of rotatable bonds is 4. The van der Waals surface area contributed by atoms with Crippen molar-refractivity contribution in [3.8, 4) is 0 Å². The van der Waals surface area contributed by atoms with E-state index in [0.717, 1.165) is 20.4 Å². The first-order valence-electron chi connectivity index (χ1n) is 13.5. The van der Waals surface area contributed by atoms with Gasteiger partial charge in [-0.25, -0.2) is 14.5 Å². The highest BCUT2D eigenvalue weighted by atomic mass is 32.2. The predicted octanol–water partition coefficient (Wildman–Crippen LogP) is 7.34. The molecule has 2 aliphatic rings. The van der Waals surface area contributed by atoms with Gasteiger partial charge in [-0.2, -0.15) is 5.10 Å². The first kappa shape index (κ1) is 29.9. The van der Waals surface area contributed by atoms with Crippen LogP contribution in [-0.2, 0) is 14.3 Å². The van der Waals surface area contributed by atoms with Gasteiger partial charge in [0, 0.05) is 21.1 Å². The van der Waals surface area contributed by atoms with Gasteiger partial charge in [0.25, 0.3) is 5.91 Å². The molecule has 0 atom stereocenters. The van der Waals surface area contributed by atoms with Crippen molar-refractivity contribution in [2.24, 2.45) is 5.10 Å². The minimum absolute atomic E-state index is 0.147. The monoisotopic (exact) mass is 576 g/mol. The molecule has 2 heterocycles. The number of nitrogens with two attached hydrogens (primary N) is 1. The van der Waals surface area contributed by atoms with Crippen molar-refractivity contribution in [2.75, 3.05) is 10.6 Å². The number of thioether (sulfide) groups is 1. The SMILES string of the molecule is CCCC1=NN(C(=O)OC(C)(C)C)C(=O)/C1=C1/C=C(Sc2ccc(N)cc2)c2ccccc2N1C(=O)OC(C)(C)C. The molecule has 0 spiro atoms. The molecule has 9 nitrogen and oxygen atoms in total. The molecule has 0 aromatic heterocycles. The van der Waals surface area contributed by atoms with E-state index in [-0.39, 0.29) is 11.3 Å². The zero-order valence-corrected chi connectivity index (χ0v) is 25.3. The highest BCUT2D eigenvalue weighted by Crippen LogP contribution is 2.46. The molecule has 0 unspecified atom stereocenters. The Balaban J connectivity index is 1.93. The van der Waals surface area contributed by atoms with Crippen LogP contribution in [-0.4, -0.2) is 40.0 Å². The zero-order chi connectivity index (χ0) is 30.1. The Kier molecular flexibility index (Phi) is 8.35. The fourth-order valence-corrected chi connectivity index (χ4v) is 5.23. The van der Waals surface area contributed by atoms with E-state index in [0.29, 0.717) is 29.9 Å². The Hall–Kier alpha value is -4.05. The third-order valence-electron chi connectivity index (χ3n) is 5.83. The number of carbonyl (C=O) groups is 3. The maximum atomic E-state index is 13.9. The van der Waals surface area contributed by atoms with Gasteiger partial charge in [-0.3, -0.25) is 4.79 Å². The summed E-state index contributed by atoms with van der Waals surface area (Å²) in [6.45, 7) is 12.4. The summed E-state index contributed by atoms with van der Waals surface area (Å²) in [7, 11) is 0. The molecule has 0 fully saturated rings. The second kappa shape index (κ2) is 11.4. The fraction of sp³-hybridized carbons (Fsp3) is 0.355. The van der Waals surface area contributed by atoms with Crippen LogP contribution in [0.2, 0.25) is 0 Å². The molecular formula is C31H36N4O5S. The average Bonchev–Trinajstić information content (AvgIpc) is 3.19. The first-order valence-corrected chi connectivity index (χ1v) is 14.3. The van der Waals surface area contributed by atoms with E-state index in [2.05, 4.69) is 5.10 Å². The summed E-state index contributed by atoms with van der Waals surface area (Å²) in [5, 5.41) is 5.12. The number of anilines is 2. The Morgan fingerprint density at radius 1 is 0.927 bits per heavy atom. The number of nitrogens with zero attached hydrogens (tertiary/aromatic N) is 3. The number of imide groups is 1. The van der Waals surface area contributed by atoms with Crippen LogP contribution < -0.4 is 10.6 Å². The third kappa shape index (κ3) is 6.82. The lowest BCUT2D eigenvalue weighted by Crippen LogP contribution is -2.40. The predicted molar refractivity (Wildman–Crippen MR) is 162 cm³/mol. The van der Waals surface area contributed by atoms with Crippen LogP contribution in [0.25, 0.3) is 4.91 Å². The number of amides is 3. The van der Waals surface area contributed by atoms with Crippen molar-refractivity contribution in [3.05, 3.63) is 71.4 Å². The summed E-state index contributed by atoms with van der Waals surface area (Å²) in [4.78, 5) is 43.8. The van der Waals surface area contributed by atoms with Gasteiger partial charge >= 0.3 is 12.2 Å². The summed E-state index contributed by atoms with van der Waals surface area (Å²) in [6.07, 6.45) is 1.31. The molecule has 0 bridgehead atoms. The zero-order valence-electron chi connectivity index (χ0n) is 24.5. The number of benzene rings is 2. The maximum Gasteiger partial charge on any atom is 0.438 e. The molecule has 2 aromatic rings. The molecule has 0 radical (unpaired) electrons. The van der Waals surface area contributed by atoms with E-state index in [1.165, 1.54) is 16.7 Å². The van der Waals surface area contributed by atoms with Gasteiger partial charge in [0.2, 0.25) is 0 Å². The Morgan fingerprint density at radius 3 is 2.15 bits per heavy atom. The van der Waals surface area contributed by atoms with Crippen LogP contribution in [0, 0.1) is 0 Å². The molecule has 2 N–H and O–H groups in total. The van der Waals surface area contributed by atoms with Gasteiger partial charge in [0.1, 0.15) is 11.2 Å². The van der Waals surface area contributed by atoms with Crippen molar-refractivity contribution >= 4 is 51.8 Å². The van der Waals surface area contributed by atoms with E-state index in [9.17, 15) is 14.4 Å². The Labute approximate surface area is 245 Å². The van der Waals surface area contributed by atoms with Gasteiger partial charge < -0.3 is 15.2 Å². The molecule has 41 heavy (non-hydrogen) atoms. The highest BCUT2D eigenvalue weighted by Gasteiger charge is 2.42. The van der Waals surface area contributed by atoms with Crippen LogP contribution in [0.4, 0.5) is 21.0 Å². The van der Waals surface area contributed by atoms with E-state index < -0.39 is 29.3 Å². The number of carbonyl (C=O) groups excluding carboxylic acids is 3. The van der Waals surface area contributed by atoms with Crippen LogP contribution in [0.3, 0.4) is 0 Å². The second-order valence-electron chi connectivity index (χ2n) is 11.7. The van der Waals surface area contributed by atoms with Gasteiger partial charge in [0.15, 0.2) is 0 Å². The lowest BCUT2D eigenvalue weighted by atomic mass is 9.98. The van der Waals surface area contributed by atoms with Gasteiger partial charge in [-0.15, -0.1) is 5.01 Å². The molecule has 0 aliphatic carbocycles. The molecule has 0 saturated heterocycles. The number of hydrogen-bond donors (Lipinski definition) is 1. The summed E-state index contributed by atoms with van der Waals surface area (Å²) in [5.41, 5.74) is 7.05. The van der Waals surface area contributed by atoms with Crippen LogP contribution in [0.1, 0.15) is 66.9 Å². The standard InChI is InChI=1S/C31H36N4O5S/c1-8-11-22-26(27(36)35(33-22)29(38)40-31(5,6)7)24-18-25(41-20-16-14-19(32)15-17-20)21-12-9-10-13-23(21)34(24)28(37)39-30(2,3)4/h9-10,12-18H,8,11,32H2,1-7H3/b26-24-. The van der Waals surface area contributed by atoms with Gasteiger partial charge in [0.05, 0.1) is 22.7 Å². The average molecular weight is 577 g/mol. The topological polar surface area (TPSA) is 115 Å². The summed E-state index contributed by atoms with van der Waals surface area (Å²) in [6, 6.07) is 14.9. The fourth-order valence-electron chi connectivity index (χ4n) is 4.25. The number of ether oxygens (including phenoxy) is 2. The Morgan fingerprint density at radius 2 is 1.54 bits per heavy atom. The number of hydrazone groups is 1. The lowest BCUT2D eigenvalue weighted by Gasteiger charge is -2.33. The number of fused-ring (bicyclic) bond motifs is 1. The first-order chi connectivity index (χ1) is 19.2. The number of nitrogen functional groups attached to an aromatic ring is 1. The van der Waals surface area contributed by atoms with Gasteiger partial charge in [-0.05, 0) is 84.4 Å². The van der Waals surface area contributed by atoms with E-state index in [4.69, 9.17) is 15.2 Å². The van der Waals surface area contributed by atoms with Crippen molar-refractivity contribution in [1.82, 2.24) is 5.01 Å². The Bertz CT molecular complexity index is 1460. The van der Waals surface area contributed by atoms with Crippen molar-refractivity contribution in [2.45, 2.75) is 77.4 Å². The molecule has 2 aliphatic heterocycles. The molecule has 10 heteroatoms. The minimum Gasteiger partial charge on any atom is -0.443 e. The van der Waals surface area contributed by atoms with Crippen molar-refractivity contribution in [3.63, 3.8) is 0 Å². The largest absolute Gasteiger partial charge is 0.443 e. The number of allylic oxidation sites excluding steroid dienone is 1. The molecule has 2 aromatic carbocycles. The molecule has 4 rings (SSSR count). The lowest BCUT2D eigenvalue weighted by molar-refractivity contribution is -0.125. The maximum absolute atomic E-state index is 13.9. The van der Waals surface area contributed by atoms with E-state index >= 15 is 0 Å². The summed E-state index contributed by atoms with van der Waals surface area (Å²) < 4.78 is 11.3. The molecule has 3 amide bonds. The molecule has 216 valence electrons.